The maximum atomic E-state index is 13.6. The molecule has 8 heteroatoms. The summed E-state index contributed by atoms with van der Waals surface area (Å²) >= 11 is 0. The zero-order valence-electron chi connectivity index (χ0n) is 21.2. The lowest BCUT2D eigenvalue weighted by atomic mass is 10.1. The van der Waals surface area contributed by atoms with Crippen molar-refractivity contribution in [2.24, 2.45) is 5.92 Å². The number of fused-ring (bicyclic) bond motifs is 1. The van der Waals surface area contributed by atoms with E-state index in [-0.39, 0.29) is 37.6 Å². The second-order valence-corrected chi connectivity index (χ2v) is 9.26. The number of carbonyl (C=O) groups excluding carboxylic acids is 2. The van der Waals surface area contributed by atoms with Gasteiger partial charge in [-0.3, -0.25) is 9.59 Å². The number of rotatable bonds is 10. The van der Waals surface area contributed by atoms with Gasteiger partial charge in [0.2, 0.25) is 12.7 Å². The van der Waals surface area contributed by atoms with E-state index >= 15 is 0 Å². The average molecular weight is 493 g/mol. The van der Waals surface area contributed by atoms with Gasteiger partial charge < -0.3 is 28.4 Å². The van der Waals surface area contributed by atoms with Crippen LogP contribution in [0.1, 0.15) is 41.3 Å². The summed E-state index contributed by atoms with van der Waals surface area (Å²) < 4.78 is 21.9. The summed E-state index contributed by atoms with van der Waals surface area (Å²) in [4.78, 5) is 30.3. The molecule has 2 amide bonds. The molecule has 0 bridgehead atoms. The molecule has 36 heavy (non-hydrogen) atoms. The highest BCUT2D eigenvalue weighted by Gasteiger charge is 2.25. The number of hydrogen-bond donors (Lipinski definition) is 0. The molecule has 0 unspecified atom stereocenters. The van der Waals surface area contributed by atoms with Crippen molar-refractivity contribution >= 4 is 11.8 Å². The highest BCUT2D eigenvalue weighted by molar-refractivity contribution is 5.96. The molecular weight excluding hydrogens is 460 g/mol. The summed E-state index contributed by atoms with van der Waals surface area (Å²) in [5, 5.41) is 0. The number of benzene rings is 2. The van der Waals surface area contributed by atoms with Crippen molar-refractivity contribution in [3.05, 3.63) is 77.2 Å². The van der Waals surface area contributed by atoms with Gasteiger partial charge in [0.1, 0.15) is 23.8 Å². The Morgan fingerprint density at radius 1 is 0.944 bits per heavy atom. The molecule has 2 aromatic carbocycles. The quantitative estimate of drug-likeness (QED) is 0.410. The van der Waals surface area contributed by atoms with Crippen molar-refractivity contribution in [3.63, 3.8) is 0 Å². The van der Waals surface area contributed by atoms with Gasteiger partial charge in [-0.1, -0.05) is 19.9 Å². The van der Waals surface area contributed by atoms with Gasteiger partial charge in [-0.25, -0.2) is 0 Å². The predicted molar refractivity (Wildman–Crippen MR) is 134 cm³/mol. The maximum Gasteiger partial charge on any atom is 0.254 e. The molecule has 1 aromatic heterocycles. The molecular formula is C28H32N2O6. The van der Waals surface area contributed by atoms with Crippen molar-refractivity contribution in [1.29, 1.82) is 0 Å². The van der Waals surface area contributed by atoms with E-state index in [0.29, 0.717) is 41.7 Å². The van der Waals surface area contributed by atoms with Gasteiger partial charge in [-0.05, 0) is 66.9 Å². The lowest BCUT2D eigenvalue weighted by molar-refractivity contribution is -0.133. The molecule has 1 aliphatic rings. The molecule has 0 saturated heterocycles. The molecule has 1 aliphatic heterocycles. The number of methoxy groups -OCH3 is 1. The van der Waals surface area contributed by atoms with E-state index in [1.54, 1.807) is 41.2 Å². The van der Waals surface area contributed by atoms with E-state index < -0.39 is 0 Å². The Morgan fingerprint density at radius 3 is 2.36 bits per heavy atom. The number of nitrogens with zero attached hydrogens (tertiary/aromatic N) is 2. The van der Waals surface area contributed by atoms with Crippen molar-refractivity contribution in [3.8, 4) is 17.2 Å². The van der Waals surface area contributed by atoms with Crippen LogP contribution < -0.4 is 14.2 Å². The number of aryl methyl sites for hydroxylation is 1. The minimum Gasteiger partial charge on any atom is -0.497 e. The van der Waals surface area contributed by atoms with Crippen LogP contribution in [0.25, 0.3) is 0 Å². The van der Waals surface area contributed by atoms with Gasteiger partial charge in [0, 0.05) is 18.7 Å². The Bertz CT molecular complexity index is 1200. The SMILES string of the molecule is COc1ccc(C(=O)N(CC(=O)N(Cc2ccc3c(c2)OCO3)Cc2ccc(C)o2)CC(C)C)cc1. The van der Waals surface area contributed by atoms with Crippen LogP contribution in [-0.4, -0.2) is 48.6 Å². The van der Waals surface area contributed by atoms with Gasteiger partial charge in [-0.2, -0.15) is 0 Å². The first kappa shape index (κ1) is 25.2. The number of hydrogen-bond acceptors (Lipinski definition) is 6. The molecule has 0 atom stereocenters. The van der Waals surface area contributed by atoms with Crippen LogP contribution in [0.15, 0.2) is 59.0 Å². The topological polar surface area (TPSA) is 81.5 Å². The maximum absolute atomic E-state index is 13.6. The third-order valence-electron chi connectivity index (χ3n) is 5.84. The first-order chi connectivity index (χ1) is 17.3. The van der Waals surface area contributed by atoms with E-state index in [2.05, 4.69) is 0 Å². The van der Waals surface area contributed by atoms with Crippen LogP contribution >= 0.6 is 0 Å². The molecule has 0 spiro atoms. The molecule has 0 N–H and O–H groups in total. The van der Waals surface area contributed by atoms with Crippen LogP contribution in [-0.2, 0) is 17.9 Å². The van der Waals surface area contributed by atoms with E-state index in [1.807, 2.05) is 51.1 Å². The van der Waals surface area contributed by atoms with Gasteiger partial charge in [0.15, 0.2) is 11.5 Å². The first-order valence-corrected chi connectivity index (χ1v) is 12.0. The van der Waals surface area contributed by atoms with Crippen LogP contribution in [0.3, 0.4) is 0 Å². The summed E-state index contributed by atoms with van der Waals surface area (Å²) in [7, 11) is 1.58. The highest BCUT2D eigenvalue weighted by Crippen LogP contribution is 2.33. The zero-order chi connectivity index (χ0) is 25.7. The molecule has 0 saturated carbocycles. The average Bonchev–Trinajstić information content (AvgIpc) is 3.50. The molecule has 4 rings (SSSR count). The first-order valence-electron chi connectivity index (χ1n) is 12.0. The van der Waals surface area contributed by atoms with E-state index in [1.165, 1.54) is 0 Å². The van der Waals surface area contributed by atoms with Crippen LogP contribution in [0.2, 0.25) is 0 Å². The standard InChI is InChI=1S/C28H32N2O6/c1-19(2)14-30(28(32)22-7-10-23(33-4)11-8-22)17-27(31)29(16-24-9-5-20(3)36-24)15-21-6-12-25-26(13-21)35-18-34-25/h5-13,19H,14-18H2,1-4H3. The molecule has 0 fully saturated rings. The Kier molecular flexibility index (Phi) is 7.83. The monoisotopic (exact) mass is 492 g/mol. The smallest absolute Gasteiger partial charge is 0.254 e. The summed E-state index contributed by atoms with van der Waals surface area (Å²) in [5.74, 6) is 3.28. The van der Waals surface area contributed by atoms with E-state index in [0.717, 1.165) is 11.3 Å². The van der Waals surface area contributed by atoms with E-state index in [4.69, 9.17) is 18.6 Å². The second kappa shape index (κ2) is 11.2. The van der Waals surface area contributed by atoms with Crippen molar-refractivity contribution in [2.75, 3.05) is 27.0 Å². The lowest BCUT2D eigenvalue weighted by Gasteiger charge is -2.28. The van der Waals surface area contributed by atoms with Gasteiger partial charge in [0.25, 0.3) is 5.91 Å². The minimum absolute atomic E-state index is 0.0483. The Labute approximate surface area is 211 Å². The summed E-state index contributed by atoms with van der Waals surface area (Å²) in [5.41, 5.74) is 1.40. The number of ether oxygens (including phenoxy) is 3. The molecule has 2 heterocycles. The van der Waals surface area contributed by atoms with Crippen LogP contribution in [0.5, 0.6) is 17.2 Å². The number of amides is 2. The normalized spacial score (nSPS) is 12.0. The minimum atomic E-state index is -0.198. The largest absolute Gasteiger partial charge is 0.497 e. The molecule has 190 valence electrons. The van der Waals surface area contributed by atoms with E-state index in [9.17, 15) is 9.59 Å². The van der Waals surface area contributed by atoms with Crippen LogP contribution in [0, 0.1) is 12.8 Å². The Morgan fingerprint density at radius 2 is 1.69 bits per heavy atom. The second-order valence-electron chi connectivity index (χ2n) is 9.26. The Balaban J connectivity index is 1.55. The lowest BCUT2D eigenvalue weighted by Crippen LogP contribution is -2.43. The summed E-state index contributed by atoms with van der Waals surface area (Å²) in [6.07, 6.45) is 0. The van der Waals surface area contributed by atoms with Crippen molar-refractivity contribution in [2.45, 2.75) is 33.9 Å². The number of furan rings is 1. The summed E-state index contributed by atoms with van der Waals surface area (Å²) in [6, 6.07) is 16.3. The van der Waals surface area contributed by atoms with Gasteiger partial charge in [0.05, 0.1) is 13.7 Å². The molecule has 8 nitrogen and oxygen atoms in total. The van der Waals surface area contributed by atoms with Crippen LogP contribution in [0.4, 0.5) is 0 Å². The third-order valence-corrected chi connectivity index (χ3v) is 5.84. The Hall–Kier alpha value is -3.94. The zero-order valence-corrected chi connectivity index (χ0v) is 21.2. The fourth-order valence-corrected chi connectivity index (χ4v) is 4.09. The fraction of sp³-hybridized carbons (Fsp3) is 0.357. The fourth-order valence-electron chi connectivity index (χ4n) is 4.09. The highest BCUT2D eigenvalue weighted by atomic mass is 16.7. The molecule has 0 aliphatic carbocycles. The molecule has 0 radical (unpaired) electrons. The predicted octanol–water partition coefficient (Wildman–Crippen LogP) is 4.65. The van der Waals surface area contributed by atoms with Gasteiger partial charge in [-0.15, -0.1) is 0 Å². The summed E-state index contributed by atoms with van der Waals surface area (Å²) in [6.45, 7) is 7.12. The number of carbonyl (C=O) groups is 2. The molecule has 3 aromatic rings. The third kappa shape index (κ3) is 6.19. The van der Waals surface area contributed by atoms with Crippen molar-refractivity contribution in [1.82, 2.24) is 9.80 Å². The van der Waals surface area contributed by atoms with Crippen molar-refractivity contribution < 1.29 is 28.2 Å². The van der Waals surface area contributed by atoms with Gasteiger partial charge >= 0.3 is 0 Å².